The van der Waals surface area contributed by atoms with Gasteiger partial charge in [0.05, 0.1) is 0 Å². The first-order valence-corrected chi connectivity index (χ1v) is 11.0. The van der Waals surface area contributed by atoms with Crippen molar-refractivity contribution in [2.45, 2.75) is 45.1 Å². The molecule has 2 fully saturated rings. The van der Waals surface area contributed by atoms with E-state index in [1.165, 1.54) is 0 Å². The quantitative estimate of drug-likeness (QED) is 0.724. The van der Waals surface area contributed by atoms with Gasteiger partial charge in [-0.15, -0.1) is 0 Å². The highest BCUT2D eigenvalue weighted by molar-refractivity contribution is 8.27. The number of allylic oxidation sites excluding steroid dienone is 1. The van der Waals surface area contributed by atoms with Crippen LogP contribution in [0.3, 0.4) is 0 Å². The van der Waals surface area contributed by atoms with Gasteiger partial charge in [-0.1, -0.05) is 30.3 Å². The first-order chi connectivity index (χ1) is 13.5. The first kappa shape index (κ1) is 16.8. The lowest BCUT2D eigenvalue weighted by atomic mass is 9.54. The van der Waals surface area contributed by atoms with Gasteiger partial charge in [-0.25, -0.2) is 0 Å². The van der Waals surface area contributed by atoms with E-state index in [0.29, 0.717) is 17.4 Å². The summed E-state index contributed by atoms with van der Waals surface area (Å²) in [6, 6.07) is 10.2. The van der Waals surface area contributed by atoms with Crippen molar-refractivity contribution in [3.05, 3.63) is 64.3 Å². The van der Waals surface area contributed by atoms with Gasteiger partial charge in [0, 0.05) is 27.7 Å². The average molecular weight is 391 g/mol. The van der Waals surface area contributed by atoms with Crippen molar-refractivity contribution in [1.82, 2.24) is 0 Å². The van der Waals surface area contributed by atoms with Crippen molar-refractivity contribution in [2.75, 3.05) is 0 Å². The molecule has 1 unspecified atom stereocenters. The van der Waals surface area contributed by atoms with Crippen molar-refractivity contribution >= 4 is 27.8 Å². The summed E-state index contributed by atoms with van der Waals surface area (Å²) in [5.41, 5.74) is 3.63. The molecule has 0 amide bonds. The maximum Gasteiger partial charge on any atom is 0.227 e. The lowest BCUT2D eigenvalue weighted by molar-refractivity contribution is -0.112. The summed E-state index contributed by atoms with van der Waals surface area (Å²) < 4.78 is 6.82. The van der Waals surface area contributed by atoms with E-state index < -0.39 is 5.60 Å². The van der Waals surface area contributed by atoms with Crippen LogP contribution in [0.4, 0.5) is 0 Å². The molecule has 142 valence electrons. The van der Waals surface area contributed by atoms with Crippen molar-refractivity contribution in [3.63, 3.8) is 0 Å². The molecule has 0 bridgehead atoms. The van der Waals surface area contributed by atoms with E-state index in [2.05, 4.69) is 25.1 Å². The van der Waals surface area contributed by atoms with E-state index in [1.54, 1.807) is 0 Å². The Hall–Kier alpha value is -2.07. The van der Waals surface area contributed by atoms with Crippen molar-refractivity contribution in [3.8, 4) is 0 Å². The van der Waals surface area contributed by atoms with Crippen LogP contribution < -0.4 is 0 Å². The van der Waals surface area contributed by atoms with E-state index in [9.17, 15) is 9.59 Å². The van der Waals surface area contributed by atoms with Crippen LogP contribution in [0, 0.1) is 17.3 Å². The summed E-state index contributed by atoms with van der Waals surface area (Å²) >= 11 is 0.894. The Morgan fingerprint density at radius 1 is 1.00 bits per heavy atom. The summed E-state index contributed by atoms with van der Waals surface area (Å²) in [7, 11) is 0. The minimum Gasteiger partial charge on any atom is -0.481 e. The standard InChI is InChI=1S/C24H22O3S/c1-13-17-12-18(14-6-4-3-5-7-14)27-23(17,2)24(15-8-9-15,16-10-11-16)20-19(13)21(25)28-22(20)26/h3-7,12,15-16H,8-11H2,1-2H3. The molecular formula is C24H22O3S. The van der Waals surface area contributed by atoms with Gasteiger partial charge in [-0.05, 0) is 74.8 Å². The highest BCUT2D eigenvalue weighted by atomic mass is 32.2. The Balaban J connectivity index is 1.64. The molecule has 1 aromatic rings. The Bertz CT molecular complexity index is 1020. The predicted molar refractivity (Wildman–Crippen MR) is 109 cm³/mol. The van der Waals surface area contributed by atoms with Crippen LogP contribution in [0.2, 0.25) is 0 Å². The number of benzene rings is 1. The van der Waals surface area contributed by atoms with Gasteiger partial charge in [-0.3, -0.25) is 9.59 Å². The summed E-state index contributed by atoms with van der Waals surface area (Å²) in [4.78, 5) is 26.0. The van der Waals surface area contributed by atoms with Crippen LogP contribution in [0.15, 0.2) is 58.7 Å². The minimum absolute atomic E-state index is 0.0322. The van der Waals surface area contributed by atoms with Crippen LogP contribution in [-0.2, 0) is 14.3 Å². The zero-order valence-corrected chi connectivity index (χ0v) is 16.9. The van der Waals surface area contributed by atoms with Gasteiger partial charge >= 0.3 is 0 Å². The number of carbonyl (C=O) groups excluding carboxylic acids is 2. The van der Waals surface area contributed by atoms with Gasteiger partial charge < -0.3 is 4.74 Å². The number of hydrogen-bond acceptors (Lipinski definition) is 4. The second-order valence-electron chi connectivity index (χ2n) is 8.89. The zero-order chi connectivity index (χ0) is 19.3. The molecule has 1 aromatic carbocycles. The van der Waals surface area contributed by atoms with Gasteiger partial charge in [0.15, 0.2) is 0 Å². The number of fused-ring (bicyclic) bond motifs is 1. The Morgan fingerprint density at radius 2 is 1.64 bits per heavy atom. The highest BCUT2D eigenvalue weighted by Crippen LogP contribution is 2.73. The van der Waals surface area contributed by atoms with Gasteiger partial charge in [0.1, 0.15) is 11.4 Å². The van der Waals surface area contributed by atoms with E-state index in [0.717, 1.165) is 65.5 Å². The molecule has 0 aromatic heterocycles. The summed E-state index contributed by atoms with van der Waals surface area (Å²) in [6.07, 6.45) is 6.60. The molecule has 3 nitrogen and oxygen atoms in total. The summed E-state index contributed by atoms with van der Waals surface area (Å²) in [5.74, 6) is 1.71. The monoisotopic (exact) mass is 390 g/mol. The molecule has 0 N–H and O–H groups in total. The predicted octanol–water partition coefficient (Wildman–Crippen LogP) is 5.05. The summed E-state index contributed by atoms with van der Waals surface area (Å²) in [6.45, 7) is 4.18. The lowest BCUT2D eigenvalue weighted by Crippen LogP contribution is -2.54. The number of ether oxygens (including phenoxy) is 1. The average Bonchev–Trinajstić information content (AvgIpc) is 3.59. The number of thioether (sulfide) groups is 1. The molecule has 28 heavy (non-hydrogen) atoms. The van der Waals surface area contributed by atoms with Crippen molar-refractivity contribution in [1.29, 1.82) is 0 Å². The van der Waals surface area contributed by atoms with Crippen LogP contribution in [0.25, 0.3) is 5.76 Å². The van der Waals surface area contributed by atoms with Crippen LogP contribution in [0.1, 0.15) is 45.1 Å². The second kappa shape index (κ2) is 5.29. The molecule has 0 spiro atoms. The van der Waals surface area contributed by atoms with Crippen LogP contribution >= 0.6 is 11.8 Å². The first-order valence-electron chi connectivity index (χ1n) is 10.2. The fourth-order valence-corrected chi connectivity index (χ4v) is 7.07. The third kappa shape index (κ3) is 1.87. The molecule has 3 aliphatic carbocycles. The van der Waals surface area contributed by atoms with Crippen molar-refractivity contribution in [2.24, 2.45) is 17.3 Å². The number of carbonyl (C=O) groups is 2. The minimum atomic E-state index is -0.579. The molecule has 2 saturated carbocycles. The third-order valence-electron chi connectivity index (χ3n) is 7.43. The summed E-state index contributed by atoms with van der Waals surface area (Å²) in [5, 5.41) is -0.102. The molecule has 0 radical (unpaired) electrons. The molecular weight excluding hydrogens is 368 g/mol. The molecule has 6 rings (SSSR count). The zero-order valence-electron chi connectivity index (χ0n) is 16.1. The normalized spacial score (nSPS) is 31.0. The molecule has 1 atom stereocenters. The van der Waals surface area contributed by atoms with E-state index >= 15 is 0 Å². The van der Waals surface area contributed by atoms with E-state index in [4.69, 9.17) is 4.74 Å². The topological polar surface area (TPSA) is 43.4 Å². The SMILES string of the molecule is CC1=C2C=C(c3ccccc3)OC2(C)C(C2CC2)(C2CC2)C2=C1C(=O)SC2=O. The lowest BCUT2D eigenvalue weighted by Gasteiger charge is -2.51. The van der Waals surface area contributed by atoms with Gasteiger partial charge in [-0.2, -0.15) is 0 Å². The smallest absolute Gasteiger partial charge is 0.227 e. The third-order valence-corrected chi connectivity index (χ3v) is 8.21. The maximum absolute atomic E-state index is 13.1. The van der Waals surface area contributed by atoms with E-state index in [-0.39, 0.29) is 15.6 Å². The molecule has 5 aliphatic rings. The highest BCUT2D eigenvalue weighted by Gasteiger charge is 2.72. The Labute approximate surface area is 168 Å². The van der Waals surface area contributed by atoms with Crippen molar-refractivity contribution < 1.29 is 14.3 Å². The van der Waals surface area contributed by atoms with Gasteiger partial charge in [0.2, 0.25) is 10.2 Å². The number of hydrogen-bond donors (Lipinski definition) is 0. The second-order valence-corrected chi connectivity index (χ2v) is 9.84. The Kier molecular flexibility index (Phi) is 3.18. The fraction of sp³-hybridized carbons (Fsp3) is 0.417. The van der Waals surface area contributed by atoms with Crippen LogP contribution in [-0.4, -0.2) is 15.8 Å². The maximum atomic E-state index is 13.1. The molecule has 0 saturated heterocycles. The largest absolute Gasteiger partial charge is 0.481 e. The Morgan fingerprint density at radius 3 is 2.25 bits per heavy atom. The number of rotatable bonds is 3. The van der Waals surface area contributed by atoms with Crippen LogP contribution in [0.5, 0.6) is 0 Å². The van der Waals surface area contributed by atoms with E-state index in [1.807, 2.05) is 25.1 Å². The molecule has 2 aliphatic heterocycles. The van der Waals surface area contributed by atoms with Gasteiger partial charge in [0.25, 0.3) is 0 Å². The fourth-order valence-electron chi connectivity index (χ4n) is 6.17. The molecule has 4 heteroatoms. The molecule has 2 heterocycles.